The van der Waals surface area contributed by atoms with Gasteiger partial charge in [0.25, 0.3) is 0 Å². The van der Waals surface area contributed by atoms with E-state index in [0.717, 1.165) is 18.9 Å². The van der Waals surface area contributed by atoms with Crippen molar-refractivity contribution < 1.29 is 4.74 Å². The van der Waals surface area contributed by atoms with E-state index >= 15 is 0 Å². The molecule has 112 valence electrons. The topological polar surface area (TPSA) is 24.5 Å². The van der Waals surface area contributed by atoms with Crippen molar-refractivity contribution in [3.05, 3.63) is 29.8 Å². The molecule has 1 aliphatic heterocycles. The summed E-state index contributed by atoms with van der Waals surface area (Å²) in [5.74, 6) is 1.69. The van der Waals surface area contributed by atoms with Crippen molar-refractivity contribution >= 4 is 0 Å². The van der Waals surface area contributed by atoms with Gasteiger partial charge in [-0.1, -0.05) is 19.1 Å². The molecule has 1 heterocycles. The molecule has 2 rings (SSSR count). The molecule has 0 bridgehead atoms. The van der Waals surface area contributed by atoms with Crippen molar-refractivity contribution in [2.45, 2.75) is 32.7 Å². The standard InChI is InChI=1S/C17H28N2O/c1-4-10-19-11-9-15(13-18-3)17(19)14-7-6-8-16(12-14)20-5-2/h6-8,12,15,17-18H,4-5,9-11,13H2,1-3H3. The predicted octanol–water partition coefficient (Wildman–Crippen LogP) is 3.08. The summed E-state index contributed by atoms with van der Waals surface area (Å²) in [6.45, 7) is 8.51. The van der Waals surface area contributed by atoms with Crippen LogP contribution < -0.4 is 10.1 Å². The second kappa shape index (κ2) is 7.65. The molecular weight excluding hydrogens is 248 g/mol. The van der Waals surface area contributed by atoms with E-state index in [0.29, 0.717) is 12.0 Å². The molecule has 1 aromatic rings. The smallest absolute Gasteiger partial charge is 0.119 e. The maximum absolute atomic E-state index is 5.66. The molecule has 1 aromatic carbocycles. The molecule has 1 aliphatic rings. The lowest BCUT2D eigenvalue weighted by Gasteiger charge is -2.28. The average molecular weight is 276 g/mol. The van der Waals surface area contributed by atoms with Crippen molar-refractivity contribution in [1.29, 1.82) is 0 Å². The van der Waals surface area contributed by atoms with Crippen LogP contribution in [0.2, 0.25) is 0 Å². The molecule has 3 nitrogen and oxygen atoms in total. The minimum absolute atomic E-state index is 0.530. The van der Waals surface area contributed by atoms with Crippen molar-refractivity contribution in [2.24, 2.45) is 5.92 Å². The van der Waals surface area contributed by atoms with Crippen LogP contribution in [-0.2, 0) is 0 Å². The first-order valence-corrected chi connectivity index (χ1v) is 7.91. The molecule has 0 radical (unpaired) electrons. The van der Waals surface area contributed by atoms with Gasteiger partial charge in [0, 0.05) is 6.04 Å². The molecule has 20 heavy (non-hydrogen) atoms. The summed E-state index contributed by atoms with van der Waals surface area (Å²) in [6.07, 6.45) is 2.50. The highest BCUT2D eigenvalue weighted by atomic mass is 16.5. The van der Waals surface area contributed by atoms with Crippen LogP contribution in [0, 0.1) is 5.92 Å². The molecule has 0 aromatic heterocycles. The molecule has 2 unspecified atom stereocenters. The maximum Gasteiger partial charge on any atom is 0.119 e. The number of nitrogens with zero attached hydrogens (tertiary/aromatic N) is 1. The first-order valence-electron chi connectivity index (χ1n) is 7.91. The van der Waals surface area contributed by atoms with Gasteiger partial charge in [-0.25, -0.2) is 0 Å². The number of hydrogen-bond donors (Lipinski definition) is 1. The molecule has 1 N–H and O–H groups in total. The van der Waals surface area contributed by atoms with Gasteiger partial charge in [-0.2, -0.15) is 0 Å². The van der Waals surface area contributed by atoms with Gasteiger partial charge in [0.2, 0.25) is 0 Å². The SMILES string of the molecule is CCCN1CCC(CNC)C1c1cccc(OCC)c1. The normalized spacial score (nSPS) is 23.1. The lowest BCUT2D eigenvalue weighted by atomic mass is 9.93. The van der Waals surface area contributed by atoms with Crippen molar-refractivity contribution in [3.8, 4) is 5.75 Å². The van der Waals surface area contributed by atoms with E-state index in [1.807, 2.05) is 6.92 Å². The van der Waals surface area contributed by atoms with Gasteiger partial charge in [-0.05, 0) is 70.1 Å². The zero-order valence-electron chi connectivity index (χ0n) is 13.1. The Morgan fingerprint density at radius 1 is 1.35 bits per heavy atom. The predicted molar refractivity (Wildman–Crippen MR) is 84.2 cm³/mol. The van der Waals surface area contributed by atoms with Crippen LogP contribution in [-0.4, -0.2) is 38.2 Å². The Morgan fingerprint density at radius 3 is 2.90 bits per heavy atom. The van der Waals surface area contributed by atoms with E-state index in [1.54, 1.807) is 0 Å². The Balaban J connectivity index is 2.21. The number of ether oxygens (including phenoxy) is 1. The number of likely N-dealkylation sites (tertiary alicyclic amines) is 1. The van der Waals surface area contributed by atoms with Crippen LogP contribution in [0.1, 0.15) is 38.3 Å². The third-order valence-corrected chi connectivity index (χ3v) is 4.11. The van der Waals surface area contributed by atoms with E-state index < -0.39 is 0 Å². The van der Waals surface area contributed by atoms with Crippen molar-refractivity contribution in [1.82, 2.24) is 10.2 Å². The number of nitrogens with one attached hydrogen (secondary N) is 1. The molecule has 0 spiro atoms. The van der Waals surface area contributed by atoms with Crippen LogP contribution in [0.5, 0.6) is 5.75 Å². The fourth-order valence-electron chi connectivity index (χ4n) is 3.38. The zero-order valence-corrected chi connectivity index (χ0v) is 13.1. The third-order valence-electron chi connectivity index (χ3n) is 4.11. The van der Waals surface area contributed by atoms with E-state index in [9.17, 15) is 0 Å². The summed E-state index contributed by atoms with van der Waals surface area (Å²) in [5, 5.41) is 3.35. The van der Waals surface area contributed by atoms with Crippen LogP contribution in [0.3, 0.4) is 0 Å². The van der Waals surface area contributed by atoms with Crippen LogP contribution in [0.25, 0.3) is 0 Å². The van der Waals surface area contributed by atoms with Gasteiger partial charge in [-0.3, -0.25) is 4.90 Å². The van der Waals surface area contributed by atoms with Crippen LogP contribution in [0.15, 0.2) is 24.3 Å². The molecule has 1 saturated heterocycles. The Morgan fingerprint density at radius 2 is 2.20 bits per heavy atom. The average Bonchev–Trinajstić information content (AvgIpc) is 2.83. The molecule has 3 heteroatoms. The monoisotopic (exact) mass is 276 g/mol. The fourth-order valence-corrected chi connectivity index (χ4v) is 3.38. The van der Waals surface area contributed by atoms with E-state index in [-0.39, 0.29) is 0 Å². The summed E-state index contributed by atoms with van der Waals surface area (Å²) in [4.78, 5) is 2.63. The number of hydrogen-bond acceptors (Lipinski definition) is 3. The lowest BCUT2D eigenvalue weighted by Crippen LogP contribution is -2.29. The highest BCUT2D eigenvalue weighted by molar-refractivity contribution is 5.31. The third kappa shape index (κ3) is 3.53. The lowest BCUT2D eigenvalue weighted by molar-refractivity contribution is 0.226. The highest BCUT2D eigenvalue weighted by Crippen LogP contribution is 2.38. The first kappa shape index (κ1) is 15.3. The van der Waals surface area contributed by atoms with Gasteiger partial charge >= 0.3 is 0 Å². The zero-order chi connectivity index (χ0) is 14.4. The molecular formula is C17H28N2O. The summed E-state index contributed by atoms with van der Waals surface area (Å²) in [7, 11) is 2.05. The van der Waals surface area contributed by atoms with Crippen LogP contribution in [0.4, 0.5) is 0 Å². The van der Waals surface area contributed by atoms with E-state index in [1.165, 1.54) is 31.5 Å². The Kier molecular flexibility index (Phi) is 5.86. The fraction of sp³-hybridized carbons (Fsp3) is 0.647. The summed E-state index contributed by atoms with van der Waals surface area (Å²) in [6, 6.07) is 9.19. The largest absolute Gasteiger partial charge is 0.494 e. The van der Waals surface area contributed by atoms with Crippen LogP contribution >= 0.6 is 0 Å². The van der Waals surface area contributed by atoms with Gasteiger partial charge in [0.1, 0.15) is 5.75 Å². The molecule has 1 fully saturated rings. The van der Waals surface area contributed by atoms with Gasteiger partial charge in [0.05, 0.1) is 6.61 Å². The van der Waals surface area contributed by atoms with Gasteiger partial charge < -0.3 is 10.1 Å². The number of rotatable bonds is 7. The molecule has 0 aliphatic carbocycles. The Bertz CT molecular complexity index is 394. The second-order valence-electron chi connectivity index (χ2n) is 5.59. The summed E-state index contributed by atoms with van der Waals surface area (Å²) >= 11 is 0. The van der Waals surface area contributed by atoms with Gasteiger partial charge in [0.15, 0.2) is 0 Å². The Hall–Kier alpha value is -1.06. The number of benzene rings is 1. The van der Waals surface area contributed by atoms with Gasteiger partial charge in [-0.15, -0.1) is 0 Å². The van der Waals surface area contributed by atoms with E-state index in [2.05, 4.69) is 48.5 Å². The molecule has 2 atom stereocenters. The Labute approximate surface area is 123 Å². The highest BCUT2D eigenvalue weighted by Gasteiger charge is 2.34. The maximum atomic E-state index is 5.66. The first-order chi connectivity index (χ1) is 9.80. The van der Waals surface area contributed by atoms with Crippen molar-refractivity contribution in [3.63, 3.8) is 0 Å². The minimum Gasteiger partial charge on any atom is -0.494 e. The van der Waals surface area contributed by atoms with E-state index in [4.69, 9.17) is 4.74 Å². The summed E-state index contributed by atoms with van der Waals surface area (Å²) in [5.41, 5.74) is 1.40. The second-order valence-corrected chi connectivity index (χ2v) is 5.59. The molecule has 0 saturated carbocycles. The minimum atomic E-state index is 0.530. The summed E-state index contributed by atoms with van der Waals surface area (Å²) < 4.78 is 5.66. The quantitative estimate of drug-likeness (QED) is 0.828. The van der Waals surface area contributed by atoms with Crippen molar-refractivity contribution in [2.75, 3.05) is 33.3 Å². The molecule has 0 amide bonds.